The van der Waals surface area contributed by atoms with E-state index in [1.165, 1.54) is 11.1 Å². The Morgan fingerprint density at radius 2 is 1.80 bits per heavy atom. The number of hydrogen-bond donors (Lipinski definition) is 1. The van der Waals surface area contributed by atoms with E-state index in [1.807, 2.05) is 37.3 Å². The largest absolute Gasteiger partial charge is 0.489 e. The summed E-state index contributed by atoms with van der Waals surface area (Å²) in [7, 11) is 0. The number of rotatable bonds is 5. The Hall–Kier alpha value is -1.80. The average Bonchev–Trinajstić information content (AvgIpc) is 3.27. The third kappa shape index (κ3) is 3.02. The van der Waals surface area contributed by atoms with Gasteiger partial charge in [0.05, 0.1) is 6.10 Å². The molecule has 2 aromatic rings. The highest BCUT2D eigenvalue weighted by atomic mass is 16.5. The van der Waals surface area contributed by atoms with E-state index in [1.54, 1.807) is 0 Å². The summed E-state index contributed by atoms with van der Waals surface area (Å²) in [6, 6.07) is 18.5. The molecule has 0 heterocycles. The van der Waals surface area contributed by atoms with Gasteiger partial charge in [0.1, 0.15) is 12.4 Å². The lowest BCUT2D eigenvalue weighted by Gasteiger charge is -2.08. The molecule has 0 saturated heterocycles. The van der Waals surface area contributed by atoms with Crippen LogP contribution in [0.25, 0.3) is 0 Å². The predicted molar refractivity (Wildman–Crippen MR) is 79.7 cm³/mol. The zero-order valence-corrected chi connectivity index (χ0v) is 11.7. The third-order valence-corrected chi connectivity index (χ3v) is 4.02. The van der Waals surface area contributed by atoms with Gasteiger partial charge in [0, 0.05) is 0 Å². The van der Waals surface area contributed by atoms with Crippen LogP contribution in [0.15, 0.2) is 54.6 Å². The Bertz CT molecular complexity index is 545. The van der Waals surface area contributed by atoms with E-state index >= 15 is 0 Å². The van der Waals surface area contributed by atoms with Crippen molar-refractivity contribution in [3.63, 3.8) is 0 Å². The summed E-state index contributed by atoms with van der Waals surface area (Å²) in [5, 5.41) is 9.56. The summed E-state index contributed by atoms with van der Waals surface area (Å²) in [5.41, 5.74) is 2.48. The number of hydrogen-bond acceptors (Lipinski definition) is 2. The summed E-state index contributed by atoms with van der Waals surface area (Å²) < 4.78 is 5.77. The molecule has 1 fully saturated rings. The first-order chi connectivity index (χ1) is 9.74. The summed E-state index contributed by atoms with van der Waals surface area (Å²) in [6.45, 7) is 2.47. The molecule has 0 amide bonds. The van der Waals surface area contributed by atoms with Crippen LogP contribution in [-0.4, -0.2) is 11.2 Å². The van der Waals surface area contributed by atoms with Gasteiger partial charge < -0.3 is 9.84 Å². The summed E-state index contributed by atoms with van der Waals surface area (Å²) in [6.07, 6.45) is 0.899. The van der Waals surface area contributed by atoms with Gasteiger partial charge in [-0.25, -0.2) is 0 Å². The van der Waals surface area contributed by atoms with E-state index < -0.39 is 0 Å². The van der Waals surface area contributed by atoms with Crippen molar-refractivity contribution in [3.05, 3.63) is 65.7 Å². The first kappa shape index (κ1) is 13.2. The standard InChI is InChI=1S/C18H20O2/c1-13(19)17-11-18(17)15-7-9-16(10-8-15)20-12-14-5-3-2-4-6-14/h2-10,13,17-19H,11-12H2,1H3/t13-,17-,18-/m1/s1. The van der Waals surface area contributed by atoms with Gasteiger partial charge in [0.15, 0.2) is 0 Å². The average molecular weight is 268 g/mol. The highest BCUT2D eigenvalue weighted by Gasteiger charge is 2.41. The second-order valence-corrected chi connectivity index (χ2v) is 5.59. The molecular formula is C18H20O2. The Labute approximate surface area is 120 Å². The first-order valence-corrected chi connectivity index (χ1v) is 7.19. The summed E-state index contributed by atoms with van der Waals surface area (Å²) >= 11 is 0. The minimum atomic E-state index is -0.200. The molecule has 0 bridgehead atoms. The maximum Gasteiger partial charge on any atom is 0.119 e. The molecule has 104 valence electrons. The van der Waals surface area contributed by atoms with Gasteiger partial charge in [0.25, 0.3) is 0 Å². The molecule has 3 rings (SSSR count). The van der Waals surface area contributed by atoms with E-state index in [4.69, 9.17) is 4.74 Å². The molecule has 3 atom stereocenters. The zero-order valence-electron chi connectivity index (χ0n) is 11.7. The van der Waals surface area contributed by atoms with Crippen LogP contribution in [-0.2, 0) is 6.61 Å². The molecule has 2 heteroatoms. The molecule has 1 aliphatic rings. The van der Waals surface area contributed by atoms with Crippen molar-refractivity contribution in [2.75, 3.05) is 0 Å². The van der Waals surface area contributed by atoms with Crippen molar-refractivity contribution in [2.45, 2.75) is 32.0 Å². The van der Waals surface area contributed by atoms with Gasteiger partial charge in [-0.2, -0.15) is 0 Å². The fourth-order valence-corrected chi connectivity index (χ4v) is 2.68. The minimum absolute atomic E-state index is 0.200. The molecule has 1 N–H and O–H groups in total. The Balaban J connectivity index is 1.57. The first-order valence-electron chi connectivity index (χ1n) is 7.19. The van der Waals surface area contributed by atoms with E-state index in [-0.39, 0.29) is 6.10 Å². The van der Waals surface area contributed by atoms with Gasteiger partial charge in [-0.05, 0) is 48.4 Å². The molecule has 0 aliphatic heterocycles. The Kier molecular flexibility index (Phi) is 3.75. The van der Waals surface area contributed by atoms with Crippen LogP contribution < -0.4 is 4.74 Å². The van der Waals surface area contributed by atoms with E-state index in [2.05, 4.69) is 24.3 Å². The van der Waals surface area contributed by atoms with Gasteiger partial charge >= 0.3 is 0 Å². The molecule has 0 unspecified atom stereocenters. The predicted octanol–water partition coefficient (Wildman–Crippen LogP) is 3.75. The summed E-state index contributed by atoms with van der Waals surface area (Å²) in [4.78, 5) is 0. The molecule has 2 aromatic carbocycles. The number of ether oxygens (including phenoxy) is 1. The van der Waals surface area contributed by atoms with Crippen molar-refractivity contribution in [1.82, 2.24) is 0 Å². The van der Waals surface area contributed by atoms with E-state index in [0.717, 1.165) is 12.2 Å². The zero-order chi connectivity index (χ0) is 13.9. The van der Waals surface area contributed by atoms with Gasteiger partial charge in [-0.3, -0.25) is 0 Å². The van der Waals surface area contributed by atoms with Crippen molar-refractivity contribution < 1.29 is 9.84 Å². The molecule has 1 aliphatic carbocycles. The molecule has 2 nitrogen and oxygen atoms in total. The van der Waals surface area contributed by atoms with E-state index in [0.29, 0.717) is 18.4 Å². The highest BCUT2D eigenvalue weighted by molar-refractivity contribution is 5.33. The lowest BCUT2D eigenvalue weighted by Crippen LogP contribution is -2.03. The fourth-order valence-electron chi connectivity index (χ4n) is 2.68. The number of benzene rings is 2. The lowest BCUT2D eigenvalue weighted by atomic mass is 10.1. The smallest absolute Gasteiger partial charge is 0.119 e. The van der Waals surface area contributed by atoms with Crippen LogP contribution in [0.5, 0.6) is 5.75 Å². The van der Waals surface area contributed by atoms with Crippen molar-refractivity contribution in [2.24, 2.45) is 5.92 Å². The van der Waals surface area contributed by atoms with Crippen LogP contribution >= 0.6 is 0 Å². The maximum absolute atomic E-state index is 9.56. The molecule has 1 saturated carbocycles. The lowest BCUT2D eigenvalue weighted by molar-refractivity contribution is 0.169. The molecule has 0 aromatic heterocycles. The van der Waals surface area contributed by atoms with Crippen LogP contribution in [0.3, 0.4) is 0 Å². The maximum atomic E-state index is 9.56. The monoisotopic (exact) mass is 268 g/mol. The molecule has 0 radical (unpaired) electrons. The topological polar surface area (TPSA) is 29.5 Å². The molecular weight excluding hydrogens is 248 g/mol. The highest BCUT2D eigenvalue weighted by Crippen LogP contribution is 2.49. The van der Waals surface area contributed by atoms with Crippen LogP contribution in [0, 0.1) is 5.92 Å². The van der Waals surface area contributed by atoms with Crippen LogP contribution in [0.1, 0.15) is 30.4 Å². The van der Waals surface area contributed by atoms with Crippen LogP contribution in [0.2, 0.25) is 0 Å². The fraction of sp³-hybridized carbons (Fsp3) is 0.333. The summed E-state index contributed by atoms with van der Waals surface area (Å²) in [5.74, 6) is 1.86. The van der Waals surface area contributed by atoms with Crippen LogP contribution in [0.4, 0.5) is 0 Å². The SMILES string of the molecule is C[C@@H](O)[C@H]1C[C@@H]1c1ccc(OCc2ccccc2)cc1. The minimum Gasteiger partial charge on any atom is -0.489 e. The third-order valence-electron chi connectivity index (χ3n) is 4.02. The van der Waals surface area contributed by atoms with Gasteiger partial charge in [-0.15, -0.1) is 0 Å². The molecule has 0 spiro atoms. The van der Waals surface area contributed by atoms with Crippen molar-refractivity contribution >= 4 is 0 Å². The second kappa shape index (κ2) is 5.68. The normalized spacial score (nSPS) is 22.3. The Morgan fingerprint density at radius 3 is 2.40 bits per heavy atom. The van der Waals surface area contributed by atoms with E-state index in [9.17, 15) is 5.11 Å². The quantitative estimate of drug-likeness (QED) is 0.895. The van der Waals surface area contributed by atoms with Gasteiger partial charge in [-0.1, -0.05) is 42.5 Å². The number of aliphatic hydroxyl groups is 1. The Morgan fingerprint density at radius 1 is 1.10 bits per heavy atom. The number of aliphatic hydroxyl groups excluding tert-OH is 1. The molecule has 20 heavy (non-hydrogen) atoms. The second-order valence-electron chi connectivity index (χ2n) is 5.59. The van der Waals surface area contributed by atoms with Gasteiger partial charge in [0.2, 0.25) is 0 Å². The van der Waals surface area contributed by atoms with Crippen molar-refractivity contribution in [3.8, 4) is 5.75 Å². The van der Waals surface area contributed by atoms with Crippen molar-refractivity contribution in [1.29, 1.82) is 0 Å².